The van der Waals surface area contributed by atoms with Crippen molar-refractivity contribution in [3.63, 3.8) is 0 Å². The lowest BCUT2D eigenvalue weighted by molar-refractivity contribution is -0.746. The van der Waals surface area contributed by atoms with Crippen molar-refractivity contribution < 1.29 is 28.6 Å². The molecule has 0 fully saturated rings. The molecule has 0 radical (unpaired) electrons. The third-order valence-corrected chi connectivity index (χ3v) is 3.82. The highest BCUT2D eigenvalue weighted by Crippen LogP contribution is 2.19. The summed E-state index contributed by atoms with van der Waals surface area (Å²) >= 11 is 0. The number of aryl methyl sites for hydroxylation is 1. The molecule has 10 heteroatoms. The van der Waals surface area contributed by atoms with Crippen molar-refractivity contribution in [2.45, 2.75) is 6.54 Å². The number of aromatic nitrogens is 2. The number of likely N-dealkylation sites (N-methyl/N-ethyl adjacent to an activating group) is 1. The van der Waals surface area contributed by atoms with Gasteiger partial charge in [0.2, 0.25) is 5.91 Å². The molecular weight excluding hydrogens is 344 g/mol. The van der Waals surface area contributed by atoms with Gasteiger partial charge < -0.3 is 19.6 Å². The fraction of sp³-hybridized carbons (Fsp3) is 0.375. The van der Waals surface area contributed by atoms with Crippen molar-refractivity contribution in [2.75, 3.05) is 32.1 Å². The summed E-state index contributed by atoms with van der Waals surface area (Å²) in [5.41, 5.74) is 0.279. The van der Waals surface area contributed by atoms with E-state index >= 15 is 0 Å². The molecule has 2 rings (SSSR count). The normalized spacial score (nSPS) is 10.4. The van der Waals surface area contributed by atoms with Crippen LogP contribution >= 0.6 is 0 Å². The molecule has 0 atom stereocenters. The topological polar surface area (TPSA) is 120 Å². The Hall–Kier alpha value is -3.30. The smallest absolute Gasteiger partial charge is 0.431 e. The lowest BCUT2D eigenvalue weighted by Crippen LogP contribution is -2.44. The number of anilines is 1. The number of carbonyl (C=O) groups is 2. The molecule has 2 N–H and O–H groups in total. The molecule has 0 aliphatic rings. The SMILES string of the molecule is COc1ccc(N(CC(=O)O)CC(=O)N(C)Cc2c(=O)o[nH][n+]2C)cc1. The zero-order valence-corrected chi connectivity index (χ0v) is 14.8. The van der Waals surface area contributed by atoms with Crippen LogP contribution in [-0.2, 0) is 23.2 Å². The van der Waals surface area contributed by atoms with Crippen LogP contribution in [0, 0.1) is 0 Å². The molecule has 0 saturated carbocycles. The quantitative estimate of drug-likeness (QED) is 0.597. The van der Waals surface area contributed by atoms with Crippen LogP contribution in [0.4, 0.5) is 5.69 Å². The molecule has 1 amide bonds. The van der Waals surface area contributed by atoms with Gasteiger partial charge in [0, 0.05) is 12.7 Å². The predicted molar refractivity (Wildman–Crippen MR) is 89.8 cm³/mol. The van der Waals surface area contributed by atoms with Crippen LogP contribution < -0.4 is 19.9 Å². The summed E-state index contributed by atoms with van der Waals surface area (Å²) in [5, 5.41) is 11.5. The minimum absolute atomic E-state index is 0.0324. The monoisotopic (exact) mass is 365 g/mol. The molecule has 2 aromatic rings. The second kappa shape index (κ2) is 8.19. The van der Waals surface area contributed by atoms with E-state index in [2.05, 4.69) is 9.79 Å². The number of methoxy groups -OCH3 is 1. The third kappa shape index (κ3) is 4.62. The van der Waals surface area contributed by atoms with Crippen LogP contribution in [-0.4, -0.2) is 54.4 Å². The Bertz CT molecular complexity index is 826. The molecule has 1 aromatic carbocycles. The summed E-state index contributed by atoms with van der Waals surface area (Å²) in [4.78, 5) is 38.0. The molecule has 1 heterocycles. The van der Waals surface area contributed by atoms with Crippen LogP contribution in [0.1, 0.15) is 5.69 Å². The number of carboxylic acid groups (broad SMARTS) is 1. The fourth-order valence-corrected chi connectivity index (χ4v) is 2.32. The first-order chi connectivity index (χ1) is 12.3. The van der Waals surface area contributed by atoms with Crippen LogP contribution in [0.25, 0.3) is 0 Å². The molecule has 0 aliphatic carbocycles. The minimum atomic E-state index is -1.06. The fourth-order valence-electron chi connectivity index (χ4n) is 2.32. The van der Waals surface area contributed by atoms with E-state index in [4.69, 9.17) is 9.84 Å². The van der Waals surface area contributed by atoms with Gasteiger partial charge in [-0.1, -0.05) is 4.68 Å². The van der Waals surface area contributed by atoms with E-state index in [1.165, 1.54) is 28.6 Å². The van der Waals surface area contributed by atoms with Crippen molar-refractivity contribution in [1.82, 2.24) is 10.2 Å². The number of H-pyrrole nitrogens is 1. The van der Waals surface area contributed by atoms with Gasteiger partial charge in [-0.2, -0.15) is 0 Å². The molecule has 0 spiro atoms. The average Bonchev–Trinajstić information content (AvgIpc) is 2.92. The summed E-state index contributed by atoms with van der Waals surface area (Å²) in [7, 11) is 4.65. The number of rotatable bonds is 8. The van der Waals surface area contributed by atoms with Crippen molar-refractivity contribution in [3.05, 3.63) is 40.4 Å². The van der Waals surface area contributed by atoms with Gasteiger partial charge in [0.15, 0.2) is 7.05 Å². The van der Waals surface area contributed by atoms with E-state index < -0.39 is 11.6 Å². The van der Waals surface area contributed by atoms with Gasteiger partial charge in [0.05, 0.1) is 13.7 Å². The number of aromatic amines is 1. The predicted octanol–water partition coefficient (Wildman–Crippen LogP) is -0.649. The van der Waals surface area contributed by atoms with E-state index in [0.29, 0.717) is 11.4 Å². The molecule has 0 bridgehead atoms. The van der Waals surface area contributed by atoms with Crippen LogP contribution in [0.5, 0.6) is 5.75 Å². The Kier molecular flexibility index (Phi) is 5.99. The number of carbonyl (C=O) groups excluding carboxylic acids is 1. The standard InChI is InChI=1S/C16H20N4O6/c1-18(8-13-16(24)26-17-19(13)2)14(21)9-20(10-15(22)23)11-4-6-12(25-3)7-5-11/h4-7H,8-10H2,1-3H3,(H-,17,22,23,24)/p+1. The number of aliphatic carboxylic acids is 1. The van der Waals surface area contributed by atoms with Crippen LogP contribution in [0.15, 0.2) is 33.6 Å². The van der Waals surface area contributed by atoms with Gasteiger partial charge in [0.1, 0.15) is 18.8 Å². The Balaban J connectivity index is 2.12. The van der Waals surface area contributed by atoms with Crippen molar-refractivity contribution in [2.24, 2.45) is 7.05 Å². The molecule has 1 aromatic heterocycles. The molecule has 0 unspecified atom stereocenters. The van der Waals surface area contributed by atoms with E-state index in [1.807, 2.05) is 0 Å². The maximum atomic E-state index is 12.5. The largest absolute Gasteiger partial charge is 0.497 e. The van der Waals surface area contributed by atoms with Crippen molar-refractivity contribution in [3.8, 4) is 5.75 Å². The first kappa shape index (κ1) is 19.0. The molecule has 140 valence electrons. The van der Waals surface area contributed by atoms with Crippen molar-refractivity contribution in [1.29, 1.82) is 0 Å². The molecule has 0 saturated heterocycles. The highest BCUT2D eigenvalue weighted by molar-refractivity contribution is 5.84. The summed E-state index contributed by atoms with van der Waals surface area (Å²) < 4.78 is 11.1. The van der Waals surface area contributed by atoms with Gasteiger partial charge in [-0.15, -0.1) is 0 Å². The van der Waals surface area contributed by atoms with Gasteiger partial charge in [-0.3, -0.25) is 14.1 Å². The van der Waals surface area contributed by atoms with E-state index in [0.717, 1.165) is 0 Å². The van der Waals surface area contributed by atoms with E-state index in [1.54, 1.807) is 31.3 Å². The zero-order chi connectivity index (χ0) is 19.3. The Morgan fingerprint density at radius 1 is 1.27 bits per heavy atom. The second-order valence-corrected chi connectivity index (χ2v) is 5.68. The van der Waals surface area contributed by atoms with E-state index in [-0.39, 0.29) is 31.2 Å². The Morgan fingerprint density at radius 2 is 1.92 bits per heavy atom. The van der Waals surface area contributed by atoms with Crippen molar-refractivity contribution >= 4 is 17.6 Å². The number of nitrogens with one attached hydrogen (secondary N) is 1. The second-order valence-electron chi connectivity index (χ2n) is 5.68. The first-order valence-electron chi connectivity index (χ1n) is 7.73. The summed E-state index contributed by atoms with van der Waals surface area (Å²) in [6, 6.07) is 6.72. The van der Waals surface area contributed by atoms with Gasteiger partial charge in [0.25, 0.3) is 0 Å². The molecular formula is C16H21N4O6+. The van der Waals surface area contributed by atoms with Gasteiger partial charge in [-0.25, -0.2) is 4.79 Å². The minimum Gasteiger partial charge on any atom is -0.497 e. The number of carboxylic acids is 1. The Labute approximate surface area is 149 Å². The number of nitrogens with zero attached hydrogens (tertiary/aromatic N) is 3. The zero-order valence-electron chi connectivity index (χ0n) is 14.8. The lowest BCUT2D eigenvalue weighted by Gasteiger charge is -2.25. The number of ether oxygens (including phenoxy) is 1. The molecule has 10 nitrogen and oxygen atoms in total. The highest BCUT2D eigenvalue weighted by atomic mass is 16.5. The number of hydrogen-bond donors (Lipinski definition) is 2. The average molecular weight is 365 g/mol. The van der Waals surface area contributed by atoms with Gasteiger partial charge in [-0.05, 0) is 29.5 Å². The Morgan fingerprint density at radius 3 is 2.42 bits per heavy atom. The third-order valence-electron chi connectivity index (χ3n) is 3.82. The maximum Gasteiger partial charge on any atom is 0.431 e. The first-order valence-corrected chi connectivity index (χ1v) is 7.73. The lowest BCUT2D eigenvalue weighted by atomic mass is 10.2. The summed E-state index contributed by atoms with van der Waals surface area (Å²) in [6.45, 7) is -0.467. The number of amides is 1. The summed E-state index contributed by atoms with van der Waals surface area (Å²) in [6.07, 6.45) is 0. The number of hydrogen-bond acceptors (Lipinski definition) is 6. The highest BCUT2D eigenvalue weighted by Gasteiger charge is 2.23. The number of benzene rings is 1. The van der Waals surface area contributed by atoms with Gasteiger partial charge >= 0.3 is 17.3 Å². The maximum absolute atomic E-state index is 12.5. The molecule has 26 heavy (non-hydrogen) atoms. The van der Waals surface area contributed by atoms with E-state index in [9.17, 15) is 14.4 Å². The van der Waals surface area contributed by atoms with Crippen LogP contribution in [0.3, 0.4) is 0 Å². The van der Waals surface area contributed by atoms with Crippen LogP contribution in [0.2, 0.25) is 0 Å². The molecule has 0 aliphatic heterocycles. The summed E-state index contributed by atoms with van der Waals surface area (Å²) in [5.74, 6) is -0.782.